The van der Waals surface area contributed by atoms with Crippen LogP contribution in [0.4, 0.5) is 11.4 Å². The number of hydrogen-bond acceptors (Lipinski definition) is 5. The van der Waals surface area contributed by atoms with E-state index in [2.05, 4.69) is 15.7 Å². The molecule has 0 bridgehead atoms. The minimum Gasteiger partial charge on any atom is -0.325 e. The second kappa shape index (κ2) is 7.98. The van der Waals surface area contributed by atoms with E-state index in [4.69, 9.17) is 0 Å². The van der Waals surface area contributed by atoms with E-state index in [9.17, 15) is 19.2 Å². The number of aromatic nitrogens is 2. The molecule has 31 heavy (non-hydrogen) atoms. The predicted molar refractivity (Wildman–Crippen MR) is 114 cm³/mol. The Balaban J connectivity index is 1.57. The molecular formula is C23H20N4O4. The van der Waals surface area contributed by atoms with Gasteiger partial charge in [-0.25, -0.2) is 0 Å². The Labute approximate surface area is 178 Å². The molecule has 0 saturated carbocycles. The number of aldehydes is 1. The van der Waals surface area contributed by atoms with Gasteiger partial charge in [0.2, 0.25) is 5.91 Å². The lowest BCUT2D eigenvalue weighted by Gasteiger charge is -2.09. The third-order valence-corrected chi connectivity index (χ3v) is 5.14. The van der Waals surface area contributed by atoms with Crippen LogP contribution in [0.3, 0.4) is 0 Å². The maximum absolute atomic E-state index is 13.0. The molecule has 8 heteroatoms. The Morgan fingerprint density at radius 1 is 1.16 bits per heavy atom. The highest BCUT2D eigenvalue weighted by atomic mass is 16.2. The minimum atomic E-state index is -0.849. The molecule has 1 aliphatic heterocycles. The van der Waals surface area contributed by atoms with E-state index in [1.807, 2.05) is 13.8 Å². The van der Waals surface area contributed by atoms with Gasteiger partial charge in [0.25, 0.3) is 5.91 Å². The molecule has 156 valence electrons. The third kappa shape index (κ3) is 3.75. The van der Waals surface area contributed by atoms with Crippen molar-refractivity contribution in [2.24, 2.45) is 0 Å². The Morgan fingerprint density at radius 2 is 1.94 bits per heavy atom. The molecule has 1 atom stereocenters. The van der Waals surface area contributed by atoms with Crippen LogP contribution >= 0.6 is 0 Å². The van der Waals surface area contributed by atoms with Gasteiger partial charge in [-0.05, 0) is 43.7 Å². The summed E-state index contributed by atoms with van der Waals surface area (Å²) in [4.78, 5) is 48.6. The molecule has 0 radical (unpaired) electrons. The number of amides is 2. The van der Waals surface area contributed by atoms with Gasteiger partial charge in [0.1, 0.15) is 17.9 Å². The molecule has 4 rings (SSSR count). The molecule has 0 fully saturated rings. The van der Waals surface area contributed by atoms with Crippen molar-refractivity contribution < 1.29 is 19.2 Å². The number of fused-ring (bicyclic) bond motifs is 1. The van der Waals surface area contributed by atoms with Crippen LogP contribution in [-0.2, 0) is 16.1 Å². The number of aryl methyl sites for hydroxylation is 2. The Kier molecular flexibility index (Phi) is 5.21. The first kappa shape index (κ1) is 20.2. The number of rotatable bonds is 6. The summed E-state index contributed by atoms with van der Waals surface area (Å²) in [7, 11) is 0. The normalized spacial score (nSPS) is 14.6. The minimum absolute atomic E-state index is 0.267. The van der Waals surface area contributed by atoms with Crippen LogP contribution in [0, 0.1) is 6.92 Å². The molecule has 2 amide bonds. The number of anilines is 2. The largest absolute Gasteiger partial charge is 0.325 e. The fourth-order valence-corrected chi connectivity index (χ4v) is 3.63. The van der Waals surface area contributed by atoms with Crippen LogP contribution in [0.5, 0.6) is 0 Å². The molecular weight excluding hydrogens is 396 g/mol. The highest BCUT2D eigenvalue weighted by Crippen LogP contribution is 2.32. The topological polar surface area (TPSA) is 110 Å². The van der Waals surface area contributed by atoms with Gasteiger partial charge in [-0.2, -0.15) is 5.10 Å². The number of carbonyl (C=O) groups excluding carboxylic acids is 4. The lowest BCUT2D eigenvalue weighted by Crippen LogP contribution is -2.17. The van der Waals surface area contributed by atoms with Crippen molar-refractivity contribution in [2.45, 2.75) is 26.3 Å². The number of ketones is 1. The monoisotopic (exact) mass is 416 g/mol. The lowest BCUT2D eigenvalue weighted by atomic mass is 9.97. The molecule has 2 heterocycles. The molecule has 0 aliphatic carbocycles. The number of nitrogens with one attached hydrogen (secondary N) is 2. The highest BCUT2D eigenvalue weighted by Gasteiger charge is 2.30. The first-order chi connectivity index (χ1) is 14.9. The molecule has 8 nitrogen and oxygen atoms in total. The average Bonchev–Trinajstić information content (AvgIpc) is 3.30. The summed E-state index contributed by atoms with van der Waals surface area (Å²) in [6, 6.07) is 13.1. The molecule has 0 saturated heterocycles. The van der Waals surface area contributed by atoms with E-state index < -0.39 is 11.8 Å². The summed E-state index contributed by atoms with van der Waals surface area (Å²) in [5.74, 6) is -1.83. The van der Waals surface area contributed by atoms with E-state index in [0.717, 1.165) is 5.69 Å². The summed E-state index contributed by atoms with van der Waals surface area (Å²) in [6.07, 6.45) is 0.584. The first-order valence-electron chi connectivity index (χ1n) is 9.82. The van der Waals surface area contributed by atoms with Gasteiger partial charge in [-0.3, -0.25) is 19.1 Å². The first-order valence-corrected chi connectivity index (χ1v) is 9.82. The summed E-state index contributed by atoms with van der Waals surface area (Å²) in [5, 5.41) is 9.70. The number of nitrogens with zero attached hydrogens (tertiary/aromatic N) is 2. The predicted octanol–water partition coefficient (Wildman–Crippen LogP) is 2.93. The van der Waals surface area contributed by atoms with Gasteiger partial charge in [0, 0.05) is 29.0 Å². The SMILES string of the molecule is CCn1nc(C)cc1C(=O)Nc1cccc(C(=O)c2ccc3c(c2)NC(=O)C3C=O)c1. The molecule has 1 aromatic heterocycles. The van der Waals surface area contributed by atoms with Gasteiger partial charge in [0.15, 0.2) is 5.78 Å². The molecule has 1 unspecified atom stereocenters. The maximum Gasteiger partial charge on any atom is 0.273 e. The van der Waals surface area contributed by atoms with Gasteiger partial charge in [-0.1, -0.05) is 24.3 Å². The zero-order valence-corrected chi connectivity index (χ0v) is 17.0. The zero-order chi connectivity index (χ0) is 22.1. The lowest BCUT2D eigenvalue weighted by molar-refractivity contribution is -0.121. The van der Waals surface area contributed by atoms with Crippen molar-refractivity contribution >= 4 is 35.3 Å². The molecule has 2 N–H and O–H groups in total. The van der Waals surface area contributed by atoms with Crippen LogP contribution < -0.4 is 10.6 Å². The standard InChI is InChI=1S/C23H20N4O4/c1-3-27-20(9-13(2)26-27)23(31)24-16-6-4-5-14(10-16)21(29)15-7-8-17-18(12-28)22(30)25-19(17)11-15/h4-12,18H,3H2,1-2H3,(H,24,31)(H,25,30). The highest BCUT2D eigenvalue weighted by molar-refractivity contribution is 6.14. The van der Waals surface area contributed by atoms with Crippen molar-refractivity contribution in [3.63, 3.8) is 0 Å². The number of hydrogen-bond donors (Lipinski definition) is 2. The van der Waals surface area contributed by atoms with Crippen LogP contribution in [0.15, 0.2) is 48.5 Å². The van der Waals surface area contributed by atoms with E-state index >= 15 is 0 Å². The van der Waals surface area contributed by atoms with E-state index in [1.165, 1.54) is 0 Å². The summed E-state index contributed by atoms with van der Waals surface area (Å²) in [6.45, 7) is 4.28. The zero-order valence-electron chi connectivity index (χ0n) is 17.0. The van der Waals surface area contributed by atoms with Crippen molar-refractivity contribution in [2.75, 3.05) is 10.6 Å². The van der Waals surface area contributed by atoms with E-state index in [0.29, 0.717) is 46.6 Å². The van der Waals surface area contributed by atoms with Gasteiger partial charge in [-0.15, -0.1) is 0 Å². The summed E-state index contributed by atoms with van der Waals surface area (Å²) < 4.78 is 1.62. The molecule has 0 spiro atoms. The number of benzene rings is 2. The van der Waals surface area contributed by atoms with E-state index in [-0.39, 0.29) is 11.7 Å². The number of carbonyl (C=O) groups is 4. The van der Waals surface area contributed by atoms with Crippen molar-refractivity contribution in [3.8, 4) is 0 Å². The summed E-state index contributed by atoms with van der Waals surface area (Å²) >= 11 is 0. The Bertz CT molecular complexity index is 1230. The van der Waals surface area contributed by atoms with Crippen LogP contribution in [0.2, 0.25) is 0 Å². The third-order valence-electron chi connectivity index (χ3n) is 5.14. The Morgan fingerprint density at radius 3 is 2.68 bits per heavy atom. The Hall–Kier alpha value is -4.07. The average molecular weight is 416 g/mol. The summed E-state index contributed by atoms with van der Waals surface area (Å²) in [5.41, 5.74) is 3.43. The second-order valence-electron chi connectivity index (χ2n) is 7.26. The molecule has 3 aromatic rings. The van der Waals surface area contributed by atoms with Crippen molar-refractivity contribution in [1.82, 2.24) is 9.78 Å². The second-order valence-corrected chi connectivity index (χ2v) is 7.26. The smallest absolute Gasteiger partial charge is 0.273 e. The van der Waals surface area contributed by atoms with Gasteiger partial charge >= 0.3 is 0 Å². The van der Waals surface area contributed by atoms with E-state index in [1.54, 1.807) is 53.2 Å². The van der Waals surface area contributed by atoms with Crippen LogP contribution in [0.1, 0.15) is 50.5 Å². The van der Waals surface area contributed by atoms with Crippen LogP contribution in [-0.4, -0.2) is 33.7 Å². The maximum atomic E-state index is 13.0. The van der Waals surface area contributed by atoms with Crippen molar-refractivity contribution in [1.29, 1.82) is 0 Å². The molecule has 1 aliphatic rings. The van der Waals surface area contributed by atoms with Crippen LogP contribution in [0.25, 0.3) is 0 Å². The van der Waals surface area contributed by atoms with Gasteiger partial charge < -0.3 is 15.4 Å². The molecule has 2 aromatic carbocycles. The fraction of sp³-hybridized carbons (Fsp3) is 0.174. The fourth-order valence-electron chi connectivity index (χ4n) is 3.63. The quantitative estimate of drug-likeness (QED) is 0.365. The van der Waals surface area contributed by atoms with Gasteiger partial charge in [0.05, 0.1) is 5.69 Å². The van der Waals surface area contributed by atoms with Crippen molar-refractivity contribution in [3.05, 3.63) is 76.6 Å².